The molecule has 0 spiro atoms. The number of hydrogen-bond donors (Lipinski definition) is 1. The zero-order valence-electron chi connectivity index (χ0n) is 9.99. The van der Waals surface area contributed by atoms with Crippen molar-refractivity contribution in [1.82, 2.24) is 0 Å². The van der Waals surface area contributed by atoms with E-state index in [4.69, 9.17) is 5.73 Å². The first-order valence-electron chi connectivity index (χ1n) is 5.82. The lowest BCUT2D eigenvalue weighted by molar-refractivity contribution is 0.730. The van der Waals surface area contributed by atoms with Crippen molar-refractivity contribution >= 4 is 18.5 Å². The summed E-state index contributed by atoms with van der Waals surface area (Å²) < 4.78 is 0. The molecular weight excluding hydrogens is 218 g/mol. The molecule has 1 aromatic rings. The highest BCUT2D eigenvalue weighted by Crippen LogP contribution is 2.07. The maximum atomic E-state index is 5.54. The van der Waals surface area contributed by atoms with E-state index in [-0.39, 0.29) is 12.4 Å². The Bertz CT molecular complexity index is 290. The highest BCUT2D eigenvalue weighted by Gasteiger charge is 1.89. The summed E-state index contributed by atoms with van der Waals surface area (Å²) in [6, 6.07) is 8.43. The highest BCUT2D eigenvalue weighted by atomic mass is 35.5. The van der Waals surface area contributed by atoms with E-state index in [1.807, 2.05) is 0 Å². The molecule has 90 valence electrons. The second-order valence-corrected chi connectivity index (χ2v) is 3.84. The van der Waals surface area contributed by atoms with Gasteiger partial charge in [0, 0.05) is 6.54 Å². The Morgan fingerprint density at radius 1 is 1.12 bits per heavy atom. The van der Waals surface area contributed by atoms with Crippen LogP contribution in [0.25, 0.3) is 6.08 Å². The van der Waals surface area contributed by atoms with E-state index in [9.17, 15) is 0 Å². The Balaban J connectivity index is 0.00000225. The quantitative estimate of drug-likeness (QED) is 0.742. The van der Waals surface area contributed by atoms with E-state index in [1.165, 1.54) is 36.8 Å². The van der Waals surface area contributed by atoms with Crippen molar-refractivity contribution < 1.29 is 0 Å². The van der Waals surface area contributed by atoms with Gasteiger partial charge in [-0.15, -0.1) is 12.4 Å². The molecule has 0 aliphatic rings. The molecule has 0 fully saturated rings. The van der Waals surface area contributed by atoms with Crippen molar-refractivity contribution in [3.8, 4) is 0 Å². The molecule has 0 amide bonds. The van der Waals surface area contributed by atoms with Gasteiger partial charge in [0.1, 0.15) is 0 Å². The topological polar surface area (TPSA) is 26.0 Å². The summed E-state index contributed by atoms with van der Waals surface area (Å²) in [4.78, 5) is 0. The maximum Gasteiger partial charge on any atom is 0.0178 e. The first-order valence-corrected chi connectivity index (χ1v) is 5.82. The van der Waals surface area contributed by atoms with Crippen molar-refractivity contribution in [2.24, 2.45) is 5.73 Å². The van der Waals surface area contributed by atoms with Gasteiger partial charge in [-0.25, -0.2) is 0 Å². The Morgan fingerprint density at radius 2 is 1.81 bits per heavy atom. The molecule has 0 atom stereocenters. The monoisotopic (exact) mass is 239 g/mol. The molecule has 0 radical (unpaired) electrons. The van der Waals surface area contributed by atoms with Gasteiger partial charge in [-0.2, -0.15) is 0 Å². The van der Waals surface area contributed by atoms with Gasteiger partial charge in [-0.1, -0.05) is 56.2 Å². The Hall–Kier alpha value is -0.790. The van der Waals surface area contributed by atoms with Gasteiger partial charge in [0.05, 0.1) is 0 Å². The molecule has 1 nitrogen and oxygen atoms in total. The van der Waals surface area contributed by atoms with E-state index in [2.05, 4.69) is 43.3 Å². The van der Waals surface area contributed by atoms with Crippen LogP contribution in [0, 0.1) is 0 Å². The number of allylic oxidation sites excluding steroid dienone is 1. The minimum absolute atomic E-state index is 0. The normalized spacial score (nSPS) is 10.4. The molecule has 0 unspecified atom stereocenters. The smallest absolute Gasteiger partial charge is 0.0178 e. The highest BCUT2D eigenvalue weighted by molar-refractivity contribution is 5.85. The van der Waals surface area contributed by atoms with Crippen LogP contribution in [-0.4, -0.2) is 0 Å². The van der Waals surface area contributed by atoms with E-state index in [0.29, 0.717) is 6.54 Å². The fourth-order valence-corrected chi connectivity index (χ4v) is 1.50. The van der Waals surface area contributed by atoms with Crippen molar-refractivity contribution in [1.29, 1.82) is 0 Å². The van der Waals surface area contributed by atoms with Crippen LogP contribution in [0.2, 0.25) is 0 Å². The van der Waals surface area contributed by atoms with Crippen LogP contribution < -0.4 is 5.73 Å². The summed E-state index contributed by atoms with van der Waals surface area (Å²) in [5.41, 5.74) is 8.00. The minimum Gasteiger partial charge on any atom is -0.326 e. The average Bonchev–Trinajstić information content (AvgIpc) is 2.30. The van der Waals surface area contributed by atoms with E-state index in [0.717, 1.165) is 0 Å². The Labute approximate surface area is 105 Å². The molecule has 0 bridgehead atoms. The molecule has 2 heteroatoms. The SMILES string of the molecule is CCCCCC=Cc1ccc(CN)cc1.Cl. The standard InChI is InChI=1S/C14H21N.ClH/c1-2-3-4-5-6-7-13-8-10-14(12-15)11-9-13;/h6-11H,2-5,12,15H2,1H3;1H. The third kappa shape index (κ3) is 5.94. The predicted molar refractivity (Wildman–Crippen MR) is 74.8 cm³/mol. The first kappa shape index (κ1) is 15.2. The van der Waals surface area contributed by atoms with Crippen molar-refractivity contribution in [3.05, 3.63) is 41.5 Å². The van der Waals surface area contributed by atoms with Gasteiger partial charge < -0.3 is 5.73 Å². The predicted octanol–water partition coefficient (Wildman–Crippen LogP) is 4.16. The zero-order chi connectivity index (χ0) is 10.9. The molecule has 0 saturated heterocycles. The fraction of sp³-hybridized carbons (Fsp3) is 0.429. The number of benzene rings is 1. The molecule has 1 rings (SSSR count). The minimum atomic E-state index is 0. The molecule has 0 aliphatic heterocycles. The summed E-state index contributed by atoms with van der Waals surface area (Å²) in [5, 5.41) is 0. The van der Waals surface area contributed by atoms with E-state index < -0.39 is 0 Å². The largest absolute Gasteiger partial charge is 0.326 e. The summed E-state index contributed by atoms with van der Waals surface area (Å²) in [6.45, 7) is 2.86. The first-order chi connectivity index (χ1) is 7.36. The van der Waals surface area contributed by atoms with Crippen LogP contribution in [0.1, 0.15) is 43.7 Å². The number of rotatable bonds is 6. The molecule has 2 N–H and O–H groups in total. The summed E-state index contributed by atoms with van der Waals surface area (Å²) in [5.74, 6) is 0. The fourth-order valence-electron chi connectivity index (χ4n) is 1.50. The van der Waals surface area contributed by atoms with Gasteiger partial charge in [0.25, 0.3) is 0 Å². The van der Waals surface area contributed by atoms with Crippen LogP contribution in [0.4, 0.5) is 0 Å². The van der Waals surface area contributed by atoms with Crippen molar-refractivity contribution in [2.75, 3.05) is 0 Å². The van der Waals surface area contributed by atoms with E-state index in [1.54, 1.807) is 0 Å². The lowest BCUT2D eigenvalue weighted by Crippen LogP contribution is -1.94. The molecular formula is C14H22ClN. The van der Waals surface area contributed by atoms with Crippen LogP contribution >= 0.6 is 12.4 Å². The third-order valence-electron chi connectivity index (χ3n) is 2.50. The number of unbranched alkanes of at least 4 members (excludes halogenated alkanes) is 3. The van der Waals surface area contributed by atoms with Crippen LogP contribution in [-0.2, 0) is 6.54 Å². The van der Waals surface area contributed by atoms with Crippen LogP contribution in [0.5, 0.6) is 0 Å². The van der Waals surface area contributed by atoms with Gasteiger partial charge in [-0.3, -0.25) is 0 Å². The maximum absolute atomic E-state index is 5.54. The molecule has 1 aromatic carbocycles. The van der Waals surface area contributed by atoms with Crippen molar-refractivity contribution in [2.45, 2.75) is 39.2 Å². The summed E-state index contributed by atoms with van der Waals surface area (Å²) >= 11 is 0. The second kappa shape index (κ2) is 9.44. The molecule has 0 aromatic heterocycles. The molecule has 0 heterocycles. The number of hydrogen-bond acceptors (Lipinski definition) is 1. The zero-order valence-corrected chi connectivity index (χ0v) is 10.8. The van der Waals surface area contributed by atoms with Gasteiger partial charge in [0.15, 0.2) is 0 Å². The average molecular weight is 240 g/mol. The number of nitrogens with two attached hydrogens (primary N) is 1. The van der Waals surface area contributed by atoms with Crippen LogP contribution in [0.3, 0.4) is 0 Å². The van der Waals surface area contributed by atoms with Gasteiger partial charge in [-0.05, 0) is 24.0 Å². The Morgan fingerprint density at radius 3 is 2.38 bits per heavy atom. The number of halogens is 1. The Kier molecular flexibility index (Phi) is 8.97. The third-order valence-corrected chi connectivity index (χ3v) is 2.50. The second-order valence-electron chi connectivity index (χ2n) is 3.84. The van der Waals surface area contributed by atoms with Crippen LogP contribution in [0.15, 0.2) is 30.3 Å². The lowest BCUT2D eigenvalue weighted by Gasteiger charge is -1.97. The lowest BCUT2D eigenvalue weighted by atomic mass is 10.1. The molecule has 0 aliphatic carbocycles. The van der Waals surface area contributed by atoms with Gasteiger partial charge >= 0.3 is 0 Å². The van der Waals surface area contributed by atoms with Crippen molar-refractivity contribution in [3.63, 3.8) is 0 Å². The van der Waals surface area contributed by atoms with Gasteiger partial charge in [0.2, 0.25) is 0 Å². The summed E-state index contributed by atoms with van der Waals surface area (Å²) in [7, 11) is 0. The molecule has 0 saturated carbocycles. The summed E-state index contributed by atoms with van der Waals surface area (Å²) in [6.07, 6.45) is 9.55. The van der Waals surface area contributed by atoms with E-state index >= 15 is 0 Å². The molecule has 16 heavy (non-hydrogen) atoms.